The first-order valence-corrected chi connectivity index (χ1v) is 10.6. The highest BCUT2D eigenvalue weighted by atomic mass is 14.4. The van der Waals surface area contributed by atoms with Gasteiger partial charge in [0.1, 0.15) is 0 Å². The molecule has 0 nitrogen and oxygen atoms in total. The van der Waals surface area contributed by atoms with E-state index < -0.39 is 0 Å². The summed E-state index contributed by atoms with van der Waals surface area (Å²) < 4.78 is 0. The number of hydrogen-bond acceptors (Lipinski definition) is 0. The fourth-order valence-electron chi connectivity index (χ4n) is 4.62. The summed E-state index contributed by atoms with van der Waals surface area (Å²) in [5, 5.41) is 0. The molecular weight excluding hydrogens is 336 g/mol. The van der Waals surface area contributed by atoms with Crippen molar-refractivity contribution < 1.29 is 0 Å². The Morgan fingerprint density at radius 2 is 1.50 bits per heavy atom. The van der Waals surface area contributed by atoms with Gasteiger partial charge in [-0.3, -0.25) is 0 Å². The second-order valence-electron chi connectivity index (χ2n) is 10.2. The van der Waals surface area contributed by atoms with Gasteiger partial charge in [-0.05, 0) is 102 Å². The zero-order valence-corrected chi connectivity index (χ0v) is 19.3. The minimum atomic E-state index is 0.0361. The summed E-state index contributed by atoms with van der Waals surface area (Å²) in [6.45, 7) is 33.1. The van der Waals surface area contributed by atoms with Crippen LogP contribution < -0.4 is 0 Å². The number of hydrogen-bond donors (Lipinski definition) is 0. The lowest BCUT2D eigenvalue weighted by molar-refractivity contribution is 0.473. The highest BCUT2D eigenvalue weighted by Gasteiger charge is 2.35. The molecule has 0 saturated heterocycles. The van der Waals surface area contributed by atoms with Crippen LogP contribution >= 0.6 is 0 Å². The molecule has 3 atom stereocenters. The molecule has 1 aliphatic carbocycles. The number of rotatable bonds is 6. The molecule has 0 N–H and O–H groups in total. The molecule has 0 heterocycles. The van der Waals surface area contributed by atoms with Crippen LogP contribution in [-0.2, 0) is 6.42 Å². The molecule has 1 saturated carbocycles. The van der Waals surface area contributed by atoms with Crippen molar-refractivity contribution in [2.75, 3.05) is 0 Å². The van der Waals surface area contributed by atoms with E-state index in [4.69, 9.17) is 0 Å². The molecule has 0 spiro atoms. The molecule has 0 aromatic heterocycles. The molecule has 0 amide bonds. The fraction of sp³-hybridized carbons (Fsp3) is 0.500. The van der Waals surface area contributed by atoms with Crippen LogP contribution in [0.1, 0.15) is 62.8 Å². The zero-order valence-electron chi connectivity index (χ0n) is 19.3. The first kappa shape index (κ1) is 22.5. The van der Waals surface area contributed by atoms with Crippen molar-refractivity contribution in [1.29, 1.82) is 0 Å². The summed E-state index contributed by atoms with van der Waals surface area (Å²) in [6, 6.07) is 4.66. The van der Waals surface area contributed by atoms with Crippen molar-refractivity contribution in [1.82, 2.24) is 0 Å². The maximum atomic E-state index is 4.51. The lowest BCUT2D eigenvalue weighted by Crippen LogP contribution is -2.13. The second kappa shape index (κ2) is 8.27. The maximum Gasteiger partial charge on any atom is -0.00667 e. The molecule has 152 valence electrons. The van der Waals surface area contributed by atoms with Crippen LogP contribution in [0.15, 0.2) is 60.7 Å². The summed E-state index contributed by atoms with van der Waals surface area (Å²) in [5.41, 5.74) is 10.3. The first-order valence-electron chi connectivity index (χ1n) is 10.6. The van der Waals surface area contributed by atoms with E-state index in [1.807, 2.05) is 0 Å². The van der Waals surface area contributed by atoms with E-state index in [1.165, 1.54) is 39.8 Å². The van der Waals surface area contributed by atoms with Gasteiger partial charge in [-0.1, -0.05) is 71.7 Å². The van der Waals surface area contributed by atoms with Crippen LogP contribution in [0, 0.1) is 43.9 Å². The Labute approximate surface area is 174 Å². The maximum absolute atomic E-state index is 4.51. The lowest BCUT2D eigenvalue weighted by atomic mass is 9.78. The van der Waals surface area contributed by atoms with Gasteiger partial charge in [-0.15, -0.1) is 0 Å². The van der Waals surface area contributed by atoms with Gasteiger partial charge in [-0.2, -0.15) is 0 Å². The third-order valence-electron chi connectivity index (χ3n) is 6.97. The van der Waals surface area contributed by atoms with Gasteiger partial charge in [0.05, 0.1) is 0 Å². The predicted molar refractivity (Wildman–Crippen MR) is 126 cm³/mol. The summed E-state index contributed by atoms with van der Waals surface area (Å²) in [4.78, 5) is 0. The molecule has 0 heteroatoms. The Kier molecular flexibility index (Phi) is 6.64. The topological polar surface area (TPSA) is 0 Å². The van der Waals surface area contributed by atoms with E-state index in [0.29, 0.717) is 17.8 Å². The van der Waals surface area contributed by atoms with E-state index in [-0.39, 0.29) is 5.41 Å². The standard InChI is InChI=1S/C28H40/c1-17-12-25(13-18(2)21(17)5)14-19(3)27-16-26(15-20(27)4)23(7)22(6)24(8)28(9,10)11/h12-13,20,26-27H,3,6-8,14-16H2,1-2,4-5,9-11H3. The van der Waals surface area contributed by atoms with Crippen LogP contribution in [0.25, 0.3) is 0 Å². The molecule has 0 bridgehead atoms. The molecule has 1 fully saturated rings. The van der Waals surface area contributed by atoms with Crippen LogP contribution in [0.2, 0.25) is 0 Å². The molecular formula is C28H40. The van der Waals surface area contributed by atoms with Gasteiger partial charge >= 0.3 is 0 Å². The van der Waals surface area contributed by atoms with Crippen LogP contribution in [0.4, 0.5) is 0 Å². The van der Waals surface area contributed by atoms with Gasteiger partial charge in [-0.25, -0.2) is 0 Å². The third-order valence-corrected chi connectivity index (χ3v) is 6.97. The summed E-state index contributed by atoms with van der Waals surface area (Å²) in [7, 11) is 0. The SMILES string of the molecule is C=C(C(=C)C1CC(C)C(C(=C)Cc2cc(C)c(C)c(C)c2)C1)C(=C)C(C)(C)C. The van der Waals surface area contributed by atoms with Crippen LogP contribution in [0.3, 0.4) is 0 Å². The average molecular weight is 377 g/mol. The van der Waals surface area contributed by atoms with Crippen molar-refractivity contribution in [3.63, 3.8) is 0 Å². The van der Waals surface area contributed by atoms with Gasteiger partial charge in [0, 0.05) is 0 Å². The predicted octanol–water partition coefficient (Wildman–Crippen LogP) is 8.09. The van der Waals surface area contributed by atoms with Gasteiger partial charge in [0.15, 0.2) is 0 Å². The minimum absolute atomic E-state index is 0.0361. The number of allylic oxidation sites excluding steroid dienone is 4. The molecule has 1 aromatic rings. The first-order chi connectivity index (χ1) is 12.8. The molecule has 0 aliphatic heterocycles. The largest absolute Gasteiger partial charge is 0.0992 e. The van der Waals surface area contributed by atoms with E-state index in [1.54, 1.807) is 0 Å². The Balaban J connectivity index is 2.09. The van der Waals surface area contributed by atoms with Crippen molar-refractivity contribution in [3.8, 4) is 0 Å². The van der Waals surface area contributed by atoms with Crippen molar-refractivity contribution in [2.45, 2.75) is 67.7 Å². The van der Waals surface area contributed by atoms with E-state index in [9.17, 15) is 0 Å². The smallest absolute Gasteiger partial charge is 0.00667 e. The molecule has 3 unspecified atom stereocenters. The van der Waals surface area contributed by atoms with Gasteiger partial charge in [0.25, 0.3) is 0 Å². The fourth-order valence-corrected chi connectivity index (χ4v) is 4.62. The van der Waals surface area contributed by atoms with Crippen molar-refractivity contribution >= 4 is 0 Å². The number of benzene rings is 1. The molecule has 2 rings (SSSR count). The van der Waals surface area contributed by atoms with E-state index >= 15 is 0 Å². The lowest BCUT2D eigenvalue weighted by Gasteiger charge is -2.27. The summed E-state index contributed by atoms with van der Waals surface area (Å²) in [6.07, 6.45) is 3.29. The Morgan fingerprint density at radius 1 is 0.964 bits per heavy atom. The molecule has 28 heavy (non-hydrogen) atoms. The summed E-state index contributed by atoms with van der Waals surface area (Å²) in [5.74, 6) is 1.68. The normalized spacial score (nSPS) is 22.2. The Bertz CT molecular complexity index is 786. The van der Waals surface area contributed by atoms with Crippen molar-refractivity contribution in [3.05, 3.63) is 83.0 Å². The third kappa shape index (κ3) is 4.77. The second-order valence-corrected chi connectivity index (χ2v) is 10.2. The van der Waals surface area contributed by atoms with Crippen LogP contribution in [0.5, 0.6) is 0 Å². The van der Waals surface area contributed by atoms with Gasteiger partial charge in [0.2, 0.25) is 0 Å². The average Bonchev–Trinajstić information content (AvgIpc) is 2.98. The monoisotopic (exact) mass is 376 g/mol. The highest BCUT2D eigenvalue weighted by molar-refractivity contribution is 5.46. The zero-order chi connectivity index (χ0) is 21.4. The van der Waals surface area contributed by atoms with E-state index in [2.05, 4.69) is 86.9 Å². The summed E-state index contributed by atoms with van der Waals surface area (Å²) >= 11 is 0. The Hall–Kier alpha value is -1.82. The molecule has 1 aromatic carbocycles. The Morgan fingerprint density at radius 3 is 2.00 bits per heavy atom. The highest BCUT2D eigenvalue weighted by Crippen LogP contribution is 2.46. The molecule has 0 radical (unpaired) electrons. The minimum Gasteiger partial charge on any atom is -0.0992 e. The quantitative estimate of drug-likeness (QED) is 0.347. The van der Waals surface area contributed by atoms with Crippen molar-refractivity contribution in [2.24, 2.45) is 23.2 Å². The molecule has 1 aliphatic rings. The van der Waals surface area contributed by atoms with Gasteiger partial charge < -0.3 is 0 Å². The van der Waals surface area contributed by atoms with E-state index in [0.717, 1.165) is 24.0 Å². The number of aryl methyl sites for hydroxylation is 2. The van der Waals surface area contributed by atoms with Crippen LogP contribution in [-0.4, -0.2) is 0 Å².